The van der Waals surface area contributed by atoms with Crippen LogP contribution < -0.4 is 16.0 Å². The van der Waals surface area contributed by atoms with E-state index in [1.807, 2.05) is 25.1 Å². The predicted molar refractivity (Wildman–Crippen MR) is 103 cm³/mol. The lowest BCUT2D eigenvalue weighted by Crippen LogP contribution is -2.41. The van der Waals surface area contributed by atoms with Gasteiger partial charge in [-0.15, -0.1) is 0 Å². The van der Waals surface area contributed by atoms with E-state index in [0.717, 1.165) is 17.7 Å². The van der Waals surface area contributed by atoms with Gasteiger partial charge in [-0.3, -0.25) is 9.79 Å². The number of aryl methyl sites for hydroxylation is 1. The third-order valence-electron chi connectivity index (χ3n) is 3.95. The molecule has 0 fully saturated rings. The molecule has 0 aliphatic carbocycles. The minimum atomic E-state index is -4.34. The second-order valence-corrected chi connectivity index (χ2v) is 6.17. The van der Waals surface area contributed by atoms with Crippen molar-refractivity contribution in [3.05, 3.63) is 70.8 Å². The van der Waals surface area contributed by atoms with E-state index in [2.05, 4.69) is 20.9 Å². The van der Waals surface area contributed by atoms with Crippen LogP contribution in [0.5, 0.6) is 0 Å². The van der Waals surface area contributed by atoms with Crippen molar-refractivity contribution in [3.63, 3.8) is 0 Å². The van der Waals surface area contributed by atoms with Crippen molar-refractivity contribution < 1.29 is 18.0 Å². The zero-order valence-corrected chi connectivity index (χ0v) is 15.7. The third-order valence-corrected chi connectivity index (χ3v) is 3.95. The smallest absolute Gasteiger partial charge is 0.355 e. The van der Waals surface area contributed by atoms with Crippen LogP contribution in [-0.4, -0.2) is 32.0 Å². The molecule has 0 heterocycles. The quantitative estimate of drug-likeness (QED) is 0.402. The highest BCUT2D eigenvalue weighted by atomic mass is 19.4. The van der Waals surface area contributed by atoms with Crippen LogP contribution in [0.4, 0.5) is 13.2 Å². The Balaban J connectivity index is 1.73. The molecule has 1 amide bonds. The highest BCUT2D eigenvalue weighted by molar-refractivity contribution is 5.94. The second kappa shape index (κ2) is 9.77. The van der Waals surface area contributed by atoms with Crippen molar-refractivity contribution in [2.75, 3.05) is 20.1 Å². The van der Waals surface area contributed by atoms with Crippen LogP contribution >= 0.6 is 0 Å². The van der Waals surface area contributed by atoms with Crippen molar-refractivity contribution >= 4 is 11.9 Å². The van der Waals surface area contributed by atoms with E-state index in [0.29, 0.717) is 36.7 Å². The number of hydrogen-bond acceptors (Lipinski definition) is 2. The van der Waals surface area contributed by atoms with Crippen LogP contribution in [0.1, 0.15) is 27.0 Å². The Bertz CT molecular complexity index is 817. The topological polar surface area (TPSA) is 65.5 Å². The lowest BCUT2D eigenvalue weighted by Gasteiger charge is -2.13. The monoisotopic (exact) mass is 392 g/mol. The van der Waals surface area contributed by atoms with Gasteiger partial charge in [-0.2, -0.15) is 13.2 Å². The molecule has 0 unspecified atom stereocenters. The molecule has 2 rings (SSSR count). The molecule has 5 nitrogen and oxygen atoms in total. The summed E-state index contributed by atoms with van der Waals surface area (Å²) in [4.78, 5) is 16.1. The molecule has 0 atom stereocenters. The Morgan fingerprint density at radius 1 is 1.00 bits per heavy atom. The second-order valence-electron chi connectivity index (χ2n) is 6.17. The first kappa shape index (κ1) is 21.3. The molecule has 0 radical (unpaired) electrons. The Morgan fingerprint density at radius 2 is 1.68 bits per heavy atom. The van der Waals surface area contributed by atoms with Crippen LogP contribution in [0.2, 0.25) is 0 Å². The summed E-state index contributed by atoms with van der Waals surface area (Å²) >= 11 is 0. The number of nitrogens with zero attached hydrogens (tertiary/aromatic N) is 1. The highest BCUT2D eigenvalue weighted by Crippen LogP contribution is 2.28. The maximum absolute atomic E-state index is 12.6. The molecule has 0 aliphatic heterocycles. The molecule has 0 aliphatic rings. The van der Waals surface area contributed by atoms with Gasteiger partial charge in [0.2, 0.25) is 0 Å². The highest BCUT2D eigenvalue weighted by Gasteiger charge is 2.29. The largest absolute Gasteiger partial charge is 0.416 e. The van der Waals surface area contributed by atoms with E-state index < -0.39 is 11.7 Å². The molecule has 3 N–H and O–H groups in total. The summed E-state index contributed by atoms with van der Waals surface area (Å²) < 4.78 is 37.7. The molecule has 0 saturated carbocycles. The summed E-state index contributed by atoms with van der Waals surface area (Å²) in [6.45, 7) is 3.09. The van der Waals surface area contributed by atoms with Gasteiger partial charge in [-0.1, -0.05) is 29.8 Å². The van der Waals surface area contributed by atoms with Crippen molar-refractivity contribution in [2.24, 2.45) is 4.99 Å². The summed E-state index contributed by atoms with van der Waals surface area (Å²) in [5.74, 6) is 0.336. The molecule has 0 aromatic heterocycles. The number of halogens is 3. The number of guanidine groups is 1. The predicted octanol–water partition coefficient (Wildman–Crippen LogP) is 3.11. The van der Waals surface area contributed by atoms with Crippen LogP contribution in [0.25, 0.3) is 0 Å². The molecule has 0 bridgehead atoms. The third kappa shape index (κ3) is 6.61. The summed E-state index contributed by atoms with van der Waals surface area (Å²) in [5.41, 5.74) is 1.63. The van der Waals surface area contributed by atoms with Gasteiger partial charge in [-0.25, -0.2) is 0 Å². The van der Waals surface area contributed by atoms with Crippen LogP contribution in [-0.2, 0) is 12.7 Å². The zero-order valence-electron chi connectivity index (χ0n) is 15.7. The van der Waals surface area contributed by atoms with Crippen LogP contribution in [0.3, 0.4) is 0 Å². The number of hydrogen-bond donors (Lipinski definition) is 3. The van der Waals surface area contributed by atoms with Crippen LogP contribution in [0, 0.1) is 6.92 Å². The van der Waals surface area contributed by atoms with E-state index in [1.165, 1.54) is 12.1 Å². The van der Waals surface area contributed by atoms with Crippen LogP contribution in [0.15, 0.2) is 53.5 Å². The molecule has 150 valence electrons. The molecular weight excluding hydrogens is 369 g/mol. The number of carbonyl (C=O) groups is 1. The first-order valence-corrected chi connectivity index (χ1v) is 8.75. The van der Waals surface area contributed by atoms with E-state index in [4.69, 9.17) is 0 Å². The standard InChI is InChI=1S/C20H23F3N4O/c1-14-4-3-5-16(12-14)18(28)25-10-11-26-19(24-2)27-13-15-6-8-17(9-7-15)20(21,22)23/h3-9,12H,10-11,13H2,1-2H3,(H,25,28)(H2,24,26,27). The van der Waals surface area contributed by atoms with Gasteiger partial charge >= 0.3 is 6.18 Å². The lowest BCUT2D eigenvalue weighted by molar-refractivity contribution is -0.137. The van der Waals surface area contributed by atoms with Crippen molar-refractivity contribution in [1.82, 2.24) is 16.0 Å². The Morgan fingerprint density at radius 3 is 2.29 bits per heavy atom. The normalized spacial score (nSPS) is 11.8. The van der Waals surface area contributed by atoms with Gasteiger partial charge in [0.15, 0.2) is 5.96 Å². The molecule has 0 spiro atoms. The number of rotatable bonds is 6. The van der Waals surface area contributed by atoms with E-state index in [9.17, 15) is 18.0 Å². The van der Waals surface area contributed by atoms with Crippen molar-refractivity contribution in [1.29, 1.82) is 0 Å². The van der Waals surface area contributed by atoms with E-state index >= 15 is 0 Å². The molecule has 0 saturated heterocycles. The molecule has 2 aromatic rings. The van der Waals surface area contributed by atoms with Gasteiger partial charge in [0.25, 0.3) is 5.91 Å². The summed E-state index contributed by atoms with van der Waals surface area (Å²) in [5, 5.41) is 8.86. The SMILES string of the molecule is CN=C(NCCNC(=O)c1cccc(C)c1)NCc1ccc(C(F)(F)F)cc1. The summed E-state index contributed by atoms with van der Waals surface area (Å²) in [7, 11) is 1.59. The first-order chi connectivity index (χ1) is 13.3. The molecule has 28 heavy (non-hydrogen) atoms. The number of aliphatic imine (C=N–C) groups is 1. The van der Waals surface area contributed by atoms with E-state index in [-0.39, 0.29) is 5.91 Å². The fraction of sp³-hybridized carbons (Fsp3) is 0.300. The number of amides is 1. The van der Waals surface area contributed by atoms with Gasteiger partial charge in [0, 0.05) is 32.2 Å². The number of nitrogens with one attached hydrogen (secondary N) is 3. The Labute approximate surface area is 162 Å². The van der Waals surface area contributed by atoms with Gasteiger partial charge in [-0.05, 0) is 36.8 Å². The Kier molecular flexibility index (Phi) is 7.43. The Hall–Kier alpha value is -3.03. The molecular formula is C20H23F3N4O. The average Bonchev–Trinajstić information content (AvgIpc) is 2.67. The summed E-state index contributed by atoms with van der Waals surface area (Å²) in [6.07, 6.45) is -4.34. The summed E-state index contributed by atoms with van der Waals surface area (Å²) in [6, 6.07) is 12.3. The fourth-order valence-electron chi connectivity index (χ4n) is 2.46. The van der Waals surface area contributed by atoms with Crippen molar-refractivity contribution in [2.45, 2.75) is 19.6 Å². The van der Waals surface area contributed by atoms with Gasteiger partial charge in [0.05, 0.1) is 5.56 Å². The van der Waals surface area contributed by atoms with Gasteiger partial charge in [0.1, 0.15) is 0 Å². The fourth-order valence-corrected chi connectivity index (χ4v) is 2.46. The minimum Gasteiger partial charge on any atom is -0.355 e. The minimum absolute atomic E-state index is 0.154. The van der Waals surface area contributed by atoms with Gasteiger partial charge < -0.3 is 16.0 Å². The molecule has 8 heteroatoms. The zero-order chi connectivity index (χ0) is 20.6. The molecule has 2 aromatic carbocycles. The van der Waals surface area contributed by atoms with E-state index in [1.54, 1.807) is 13.1 Å². The first-order valence-electron chi connectivity index (χ1n) is 8.75. The number of carbonyl (C=O) groups excluding carboxylic acids is 1. The number of benzene rings is 2. The maximum Gasteiger partial charge on any atom is 0.416 e. The lowest BCUT2D eigenvalue weighted by atomic mass is 10.1. The van der Waals surface area contributed by atoms with Crippen molar-refractivity contribution in [3.8, 4) is 0 Å². The number of alkyl halides is 3. The maximum atomic E-state index is 12.6. The average molecular weight is 392 g/mol.